The van der Waals surface area contributed by atoms with Crippen molar-refractivity contribution in [1.82, 2.24) is 5.32 Å². The molecule has 1 heterocycles. The van der Waals surface area contributed by atoms with Crippen molar-refractivity contribution in [2.24, 2.45) is 0 Å². The van der Waals surface area contributed by atoms with Crippen LogP contribution in [-0.4, -0.2) is 79.2 Å². The van der Waals surface area contributed by atoms with Gasteiger partial charge in [-0.2, -0.15) is 0 Å². The van der Waals surface area contributed by atoms with Crippen LogP contribution in [0.5, 0.6) is 11.5 Å². The molecule has 1 aromatic carbocycles. The summed E-state index contributed by atoms with van der Waals surface area (Å²) < 4.78 is 33.4. The fourth-order valence-corrected chi connectivity index (χ4v) is 2.17. The summed E-state index contributed by atoms with van der Waals surface area (Å²) in [6.45, 7) is 7.15. The summed E-state index contributed by atoms with van der Waals surface area (Å²) in [7, 11) is 0. The maximum atomic E-state index is 5.72. The van der Waals surface area contributed by atoms with E-state index in [2.05, 4.69) is 5.32 Å². The van der Waals surface area contributed by atoms with Gasteiger partial charge in [-0.05, 0) is 12.1 Å². The highest BCUT2D eigenvalue weighted by Gasteiger charge is 2.04. The van der Waals surface area contributed by atoms with Crippen molar-refractivity contribution in [3.8, 4) is 11.5 Å². The lowest BCUT2D eigenvalue weighted by Crippen LogP contribution is -2.25. The Morgan fingerprint density at radius 3 is 1.40 bits per heavy atom. The zero-order chi connectivity index (χ0) is 17.4. The van der Waals surface area contributed by atoms with Crippen LogP contribution in [0.25, 0.3) is 0 Å². The van der Waals surface area contributed by atoms with Gasteiger partial charge in [-0.25, -0.2) is 0 Å². The molecule has 25 heavy (non-hydrogen) atoms. The van der Waals surface area contributed by atoms with E-state index < -0.39 is 0 Å². The van der Waals surface area contributed by atoms with E-state index in [1.165, 1.54) is 0 Å². The Morgan fingerprint density at radius 2 is 0.920 bits per heavy atom. The fourth-order valence-electron chi connectivity index (χ4n) is 2.17. The van der Waals surface area contributed by atoms with Gasteiger partial charge in [-0.1, -0.05) is 12.1 Å². The number of hydrogen-bond acceptors (Lipinski definition) is 7. The minimum Gasteiger partial charge on any atom is -0.487 e. The molecule has 0 aliphatic carbocycles. The zero-order valence-corrected chi connectivity index (χ0v) is 14.7. The first-order valence-corrected chi connectivity index (χ1v) is 8.83. The zero-order valence-electron chi connectivity index (χ0n) is 14.7. The number of nitrogens with one attached hydrogen (secondary N) is 1. The van der Waals surface area contributed by atoms with Crippen molar-refractivity contribution in [1.29, 1.82) is 0 Å². The van der Waals surface area contributed by atoms with Crippen molar-refractivity contribution in [3.63, 3.8) is 0 Å². The number of ether oxygens (including phenoxy) is 6. The van der Waals surface area contributed by atoms with Crippen molar-refractivity contribution in [2.45, 2.75) is 0 Å². The Morgan fingerprint density at radius 1 is 0.520 bits per heavy atom. The van der Waals surface area contributed by atoms with Gasteiger partial charge < -0.3 is 33.7 Å². The summed E-state index contributed by atoms with van der Waals surface area (Å²) in [5.74, 6) is 1.42. The molecule has 1 aliphatic rings. The quantitative estimate of drug-likeness (QED) is 0.748. The molecule has 0 amide bonds. The molecule has 1 aromatic rings. The monoisotopic (exact) mass is 355 g/mol. The van der Waals surface area contributed by atoms with Crippen LogP contribution in [-0.2, 0) is 18.9 Å². The molecule has 0 saturated carbocycles. The highest BCUT2D eigenvalue weighted by molar-refractivity contribution is 5.39. The Labute approximate surface area is 149 Å². The second-order valence-electron chi connectivity index (χ2n) is 5.34. The normalized spacial score (nSPS) is 20.3. The highest BCUT2D eigenvalue weighted by Crippen LogP contribution is 2.26. The average Bonchev–Trinajstić information content (AvgIpc) is 2.64. The first-order valence-electron chi connectivity index (χ1n) is 8.83. The van der Waals surface area contributed by atoms with Crippen LogP contribution in [0.4, 0.5) is 0 Å². The van der Waals surface area contributed by atoms with E-state index in [9.17, 15) is 0 Å². The van der Waals surface area contributed by atoms with Crippen LogP contribution >= 0.6 is 0 Å². The number of hydrogen-bond donors (Lipinski definition) is 1. The second kappa shape index (κ2) is 13.9. The van der Waals surface area contributed by atoms with Crippen molar-refractivity contribution < 1.29 is 28.4 Å². The van der Waals surface area contributed by atoms with E-state index in [1.54, 1.807) is 0 Å². The summed E-state index contributed by atoms with van der Waals surface area (Å²) in [5.41, 5.74) is 0. The summed E-state index contributed by atoms with van der Waals surface area (Å²) in [6, 6.07) is 7.60. The lowest BCUT2D eigenvalue weighted by molar-refractivity contribution is 0.0348. The Kier molecular flexibility index (Phi) is 11.1. The van der Waals surface area contributed by atoms with Gasteiger partial charge in [0.1, 0.15) is 13.2 Å². The van der Waals surface area contributed by atoms with E-state index >= 15 is 0 Å². The Balaban J connectivity index is 1.73. The molecule has 0 unspecified atom stereocenters. The van der Waals surface area contributed by atoms with Gasteiger partial charge in [-0.3, -0.25) is 0 Å². The largest absolute Gasteiger partial charge is 0.487 e. The average molecular weight is 355 g/mol. The molecule has 0 radical (unpaired) electrons. The first kappa shape index (κ1) is 19.9. The van der Waals surface area contributed by atoms with E-state index in [0.717, 1.165) is 13.1 Å². The number of para-hydroxylation sites is 2. The van der Waals surface area contributed by atoms with Crippen molar-refractivity contribution in [3.05, 3.63) is 24.3 Å². The summed E-state index contributed by atoms with van der Waals surface area (Å²) in [6.07, 6.45) is 0. The maximum Gasteiger partial charge on any atom is 0.161 e. The van der Waals surface area contributed by atoms with Gasteiger partial charge in [0.2, 0.25) is 0 Å². The first-order chi connectivity index (χ1) is 12.5. The molecule has 7 nitrogen and oxygen atoms in total. The molecule has 0 saturated heterocycles. The SMILES string of the molecule is c1ccc2c(c1)OCCOCCOCCNCCOCCOCCO2. The highest BCUT2D eigenvalue weighted by atomic mass is 16.6. The van der Waals surface area contributed by atoms with Crippen molar-refractivity contribution >= 4 is 0 Å². The number of benzene rings is 1. The van der Waals surface area contributed by atoms with Gasteiger partial charge in [0.15, 0.2) is 11.5 Å². The molecule has 0 spiro atoms. The van der Waals surface area contributed by atoms with E-state index in [4.69, 9.17) is 28.4 Å². The maximum absolute atomic E-state index is 5.72. The summed E-state index contributed by atoms with van der Waals surface area (Å²) >= 11 is 0. The van der Waals surface area contributed by atoms with Gasteiger partial charge in [0, 0.05) is 13.1 Å². The topological polar surface area (TPSA) is 67.4 Å². The predicted octanol–water partition coefficient (Wildman–Crippen LogP) is 1.11. The van der Waals surface area contributed by atoms with Gasteiger partial charge >= 0.3 is 0 Å². The summed E-state index contributed by atoms with van der Waals surface area (Å²) in [4.78, 5) is 0. The van der Waals surface area contributed by atoms with Crippen LogP contribution < -0.4 is 14.8 Å². The molecular weight excluding hydrogens is 326 g/mol. The summed E-state index contributed by atoms with van der Waals surface area (Å²) in [5, 5.41) is 3.25. The molecule has 1 aliphatic heterocycles. The van der Waals surface area contributed by atoms with Crippen LogP contribution in [0, 0.1) is 0 Å². The number of rotatable bonds is 0. The molecule has 7 heteroatoms. The van der Waals surface area contributed by atoms with Crippen molar-refractivity contribution in [2.75, 3.05) is 79.2 Å². The molecular formula is C18H29NO6. The van der Waals surface area contributed by atoms with Crippen LogP contribution in [0.1, 0.15) is 0 Å². The third-order valence-corrected chi connectivity index (χ3v) is 3.41. The molecule has 142 valence electrons. The Bertz CT molecular complexity index is 406. The predicted molar refractivity (Wildman–Crippen MR) is 93.6 cm³/mol. The third kappa shape index (κ3) is 9.62. The lowest BCUT2D eigenvalue weighted by Gasteiger charge is -2.13. The molecule has 0 aromatic heterocycles. The fraction of sp³-hybridized carbons (Fsp3) is 0.667. The van der Waals surface area contributed by atoms with Crippen LogP contribution in [0.2, 0.25) is 0 Å². The molecule has 0 atom stereocenters. The van der Waals surface area contributed by atoms with Gasteiger partial charge in [0.05, 0.1) is 52.9 Å². The number of fused-ring (bicyclic) bond motifs is 1. The molecule has 2 rings (SSSR count). The van der Waals surface area contributed by atoms with Crippen LogP contribution in [0.15, 0.2) is 24.3 Å². The molecule has 0 fully saturated rings. The lowest BCUT2D eigenvalue weighted by atomic mass is 10.3. The third-order valence-electron chi connectivity index (χ3n) is 3.41. The molecule has 0 bridgehead atoms. The minimum absolute atomic E-state index is 0.468. The van der Waals surface area contributed by atoms with E-state index in [0.29, 0.717) is 77.6 Å². The van der Waals surface area contributed by atoms with Crippen LogP contribution in [0.3, 0.4) is 0 Å². The molecule has 1 N–H and O–H groups in total. The smallest absolute Gasteiger partial charge is 0.161 e. The standard InChI is InChI=1S/C18H29NO6/c1-2-4-18-17(3-1)24-15-13-22-11-9-20-7-5-19-6-8-21-10-12-23-14-16-25-18/h1-4,19H,5-16H2. The van der Waals surface area contributed by atoms with Gasteiger partial charge in [-0.15, -0.1) is 0 Å². The van der Waals surface area contributed by atoms with E-state index in [1.807, 2.05) is 24.3 Å². The van der Waals surface area contributed by atoms with E-state index in [-0.39, 0.29) is 0 Å². The van der Waals surface area contributed by atoms with Gasteiger partial charge in [0.25, 0.3) is 0 Å². The second-order valence-corrected chi connectivity index (χ2v) is 5.34. The Hall–Kier alpha value is -1.38. The minimum atomic E-state index is 0.468.